The Kier molecular flexibility index (Phi) is 6.36. The van der Waals surface area contributed by atoms with Crippen molar-refractivity contribution in [3.63, 3.8) is 0 Å². The van der Waals surface area contributed by atoms with Gasteiger partial charge in [0.05, 0.1) is 18.1 Å². The molecule has 0 spiro atoms. The van der Waals surface area contributed by atoms with Crippen molar-refractivity contribution in [1.29, 1.82) is 0 Å². The standard InChI is InChI=1S/C32H52O4/c1-20(19-35-7)21-11-16-32(27(33)34)18-17-30(5)22(26(21)32)9-10-24-29(4)14-13-25(36-8)28(2,3)23(29)12-15-31(24,30)6/h21-26H,1,9-19H2,2-8H3,(H,33,34)/t21-,22?,23?,24?,25?,26?,29-,30+,31+,32?/m0/s1. The molecule has 0 radical (unpaired) electrons. The van der Waals surface area contributed by atoms with Gasteiger partial charge in [-0.3, -0.25) is 4.79 Å². The highest BCUT2D eigenvalue weighted by Crippen LogP contribution is 2.77. The highest BCUT2D eigenvalue weighted by atomic mass is 16.5. The Morgan fingerprint density at radius 2 is 1.58 bits per heavy atom. The van der Waals surface area contributed by atoms with E-state index in [1.54, 1.807) is 7.11 Å². The lowest BCUT2D eigenvalue weighted by molar-refractivity contribution is -0.250. The van der Waals surface area contributed by atoms with Gasteiger partial charge in [-0.15, -0.1) is 0 Å². The third kappa shape index (κ3) is 3.22. The molecule has 4 heteroatoms. The van der Waals surface area contributed by atoms with Crippen LogP contribution in [0.4, 0.5) is 0 Å². The van der Waals surface area contributed by atoms with Gasteiger partial charge in [0, 0.05) is 14.2 Å². The van der Waals surface area contributed by atoms with E-state index in [0.29, 0.717) is 35.9 Å². The fourth-order valence-electron chi connectivity index (χ4n) is 12.1. The molecule has 204 valence electrons. The number of rotatable bonds is 5. The first-order chi connectivity index (χ1) is 16.8. The molecule has 5 rings (SSSR count). The Morgan fingerprint density at radius 1 is 0.861 bits per heavy atom. The number of carboxylic acids is 1. The molecule has 0 amide bonds. The molecule has 0 heterocycles. The summed E-state index contributed by atoms with van der Waals surface area (Å²) in [7, 11) is 3.64. The highest BCUT2D eigenvalue weighted by molar-refractivity contribution is 5.76. The summed E-state index contributed by atoms with van der Waals surface area (Å²) in [5.41, 5.74) is 1.49. The summed E-state index contributed by atoms with van der Waals surface area (Å²) in [4.78, 5) is 12.9. The first kappa shape index (κ1) is 26.7. The van der Waals surface area contributed by atoms with E-state index in [4.69, 9.17) is 9.47 Å². The highest BCUT2D eigenvalue weighted by Gasteiger charge is 2.72. The van der Waals surface area contributed by atoms with E-state index in [-0.39, 0.29) is 28.1 Å². The summed E-state index contributed by atoms with van der Waals surface area (Å²) in [5.74, 6) is 1.75. The average Bonchev–Trinajstić information content (AvgIpc) is 3.21. The molecule has 5 fully saturated rings. The molecule has 36 heavy (non-hydrogen) atoms. The van der Waals surface area contributed by atoms with E-state index in [0.717, 1.165) is 37.7 Å². The van der Waals surface area contributed by atoms with Crippen LogP contribution < -0.4 is 0 Å². The number of carbonyl (C=O) groups is 1. The third-order valence-electron chi connectivity index (χ3n) is 13.9. The van der Waals surface area contributed by atoms with Crippen LogP contribution in [0.2, 0.25) is 0 Å². The van der Waals surface area contributed by atoms with Crippen molar-refractivity contribution in [3.05, 3.63) is 12.2 Å². The van der Waals surface area contributed by atoms with Gasteiger partial charge in [0.15, 0.2) is 0 Å². The second kappa shape index (κ2) is 8.57. The number of methoxy groups -OCH3 is 2. The van der Waals surface area contributed by atoms with Gasteiger partial charge < -0.3 is 14.6 Å². The molecule has 1 N–H and O–H groups in total. The van der Waals surface area contributed by atoms with Crippen LogP contribution in [0.25, 0.3) is 0 Å². The third-order valence-corrected chi connectivity index (χ3v) is 13.9. The van der Waals surface area contributed by atoms with Crippen molar-refractivity contribution < 1.29 is 19.4 Å². The summed E-state index contributed by atoms with van der Waals surface area (Å²) in [6.07, 6.45) is 11.4. The number of fused-ring (bicyclic) bond motifs is 7. The summed E-state index contributed by atoms with van der Waals surface area (Å²) in [6, 6.07) is 0. The van der Waals surface area contributed by atoms with Crippen LogP contribution in [-0.2, 0) is 14.3 Å². The zero-order valence-electron chi connectivity index (χ0n) is 24.1. The number of ether oxygens (including phenoxy) is 2. The lowest BCUT2D eigenvalue weighted by Gasteiger charge is -2.72. The molecule has 0 aliphatic heterocycles. The lowest BCUT2D eigenvalue weighted by atomic mass is 9.32. The summed E-state index contributed by atoms with van der Waals surface area (Å²) in [5, 5.41) is 10.6. The van der Waals surface area contributed by atoms with Crippen molar-refractivity contribution in [2.45, 2.75) is 105 Å². The normalized spacial score (nSPS) is 51.4. The van der Waals surface area contributed by atoms with Crippen LogP contribution in [-0.4, -0.2) is 38.0 Å². The minimum Gasteiger partial charge on any atom is -0.481 e. The summed E-state index contributed by atoms with van der Waals surface area (Å²) >= 11 is 0. The van der Waals surface area contributed by atoms with Crippen LogP contribution in [0.5, 0.6) is 0 Å². The lowest BCUT2D eigenvalue weighted by Crippen LogP contribution is -2.67. The van der Waals surface area contributed by atoms with Crippen LogP contribution in [0.15, 0.2) is 12.2 Å². The van der Waals surface area contributed by atoms with Crippen molar-refractivity contribution in [2.75, 3.05) is 20.8 Å². The Balaban J connectivity index is 1.54. The van der Waals surface area contributed by atoms with Crippen molar-refractivity contribution in [1.82, 2.24) is 0 Å². The van der Waals surface area contributed by atoms with Gasteiger partial charge in [0.25, 0.3) is 0 Å². The molecule has 0 aromatic carbocycles. The van der Waals surface area contributed by atoms with E-state index in [9.17, 15) is 9.90 Å². The maximum Gasteiger partial charge on any atom is 0.309 e. The van der Waals surface area contributed by atoms with Crippen LogP contribution in [0.3, 0.4) is 0 Å². The average molecular weight is 501 g/mol. The van der Waals surface area contributed by atoms with E-state index in [1.807, 2.05) is 7.11 Å². The molecular formula is C32H52O4. The van der Waals surface area contributed by atoms with Gasteiger partial charge in [-0.05, 0) is 121 Å². The molecule has 5 saturated carbocycles. The van der Waals surface area contributed by atoms with Crippen molar-refractivity contribution in [2.24, 2.45) is 56.7 Å². The van der Waals surface area contributed by atoms with E-state index < -0.39 is 11.4 Å². The Bertz CT molecular complexity index is 910. The molecule has 5 aliphatic rings. The number of carboxylic acid groups (broad SMARTS) is 1. The second-order valence-corrected chi connectivity index (χ2v) is 15.0. The first-order valence-electron chi connectivity index (χ1n) is 14.8. The molecule has 5 aliphatic carbocycles. The monoisotopic (exact) mass is 500 g/mol. The smallest absolute Gasteiger partial charge is 0.309 e. The summed E-state index contributed by atoms with van der Waals surface area (Å²) < 4.78 is 11.5. The fourth-order valence-corrected chi connectivity index (χ4v) is 12.1. The minimum absolute atomic E-state index is 0.172. The van der Waals surface area contributed by atoms with Crippen LogP contribution >= 0.6 is 0 Å². The Morgan fingerprint density at radius 3 is 2.22 bits per heavy atom. The predicted molar refractivity (Wildman–Crippen MR) is 144 cm³/mol. The van der Waals surface area contributed by atoms with Crippen molar-refractivity contribution in [3.8, 4) is 0 Å². The Hall–Kier alpha value is -0.870. The zero-order valence-corrected chi connectivity index (χ0v) is 24.1. The van der Waals surface area contributed by atoms with E-state index in [2.05, 4.69) is 41.2 Å². The van der Waals surface area contributed by atoms with Crippen molar-refractivity contribution >= 4 is 5.97 Å². The maximum atomic E-state index is 12.9. The van der Waals surface area contributed by atoms with Gasteiger partial charge in [-0.2, -0.15) is 0 Å². The number of aliphatic carboxylic acids is 1. The quantitative estimate of drug-likeness (QED) is 0.400. The molecule has 6 unspecified atom stereocenters. The van der Waals surface area contributed by atoms with Gasteiger partial charge in [0.2, 0.25) is 0 Å². The molecule has 10 atom stereocenters. The topological polar surface area (TPSA) is 55.8 Å². The zero-order chi connectivity index (χ0) is 26.3. The molecule has 0 aromatic rings. The van der Waals surface area contributed by atoms with E-state index >= 15 is 0 Å². The maximum absolute atomic E-state index is 12.9. The van der Waals surface area contributed by atoms with E-state index in [1.165, 1.54) is 32.1 Å². The second-order valence-electron chi connectivity index (χ2n) is 15.0. The van der Waals surface area contributed by atoms with Gasteiger partial charge in [-0.1, -0.05) is 41.2 Å². The number of hydrogen-bond acceptors (Lipinski definition) is 3. The molecule has 0 bridgehead atoms. The van der Waals surface area contributed by atoms with Gasteiger partial charge >= 0.3 is 5.97 Å². The van der Waals surface area contributed by atoms with Gasteiger partial charge in [-0.25, -0.2) is 0 Å². The SMILES string of the molecule is C=C(COC)[C@@H]1CCC2(C(=O)O)CC[C@]3(C)C(CCC4[C@@]5(C)CCC(OC)C(C)(C)C5CC[C@]43C)C12. The molecular weight excluding hydrogens is 448 g/mol. The first-order valence-corrected chi connectivity index (χ1v) is 14.8. The van der Waals surface area contributed by atoms with Gasteiger partial charge in [0.1, 0.15) is 0 Å². The predicted octanol–water partition coefficient (Wildman–Crippen LogP) is 7.37. The Labute approximate surface area is 220 Å². The number of hydrogen-bond donors (Lipinski definition) is 1. The summed E-state index contributed by atoms with van der Waals surface area (Å²) in [6.45, 7) is 17.7. The molecule has 4 nitrogen and oxygen atoms in total. The van der Waals surface area contributed by atoms with Crippen LogP contribution in [0, 0.1) is 56.7 Å². The minimum atomic E-state index is -0.575. The molecule has 0 aromatic heterocycles. The fraction of sp³-hybridized carbons (Fsp3) is 0.906. The largest absolute Gasteiger partial charge is 0.481 e. The molecule has 0 saturated heterocycles. The van der Waals surface area contributed by atoms with Crippen LogP contribution in [0.1, 0.15) is 98.8 Å².